The van der Waals surface area contributed by atoms with Gasteiger partial charge in [0.15, 0.2) is 5.13 Å². The fourth-order valence-corrected chi connectivity index (χ4v) is 3.79. The van der Waals surface area contributed by atoms with Gasteiger partial charge in [0, 0.05) is 11.8 Å². The van der Waals surface area contributed by atoms with Crippen molar-refractivity contribution in [3.63, 3.8) is 0 Å². The van der Waals surface area contributed by atoms with Gasteiger partial charge in [-0.25, -0.2) is 4.98 Å². The van der Waals surface area contributed by atoms with Gasteiger partial charge in [0.05, 0.1) is 17.2 Å². The zero-order valence-corrected chi connectivity index (χ0v) is 15.0. The number of carbonyl (C=O) groups is 1. The van der Waals surface area contributed by atoms with Crippen LogP contribution in [0.15, 0.2) is 47.2 Å². The molecule has 1 amide bonds. The molecule has 24 heavy (non-hydrogen) atoms. The highest BCUT2D eigenvalue weighted by molar-refractivity contribution is 7.16. The van der Waals surface area contributed by atoms with Gasteiger partial charge in [-0.2, -0.15) is 0 Å². The van der Waals surface area contributed by atoms with E-state index in [1.165, 1.54) is 11.3 Å². The predicted octanol–water partition coefficient (Wildman–Crippen LogP) is 4.84. The molecule has 0 saturated carbocycles. The molecule has 3 rings (SSSR count). The number of para-hydroxylation sites is 1. The predicted molar refractivity (Wildman–Crippen MR) is 100.0 cm³/mol. The Morgan fingerprint density at radius 2 is 2.08 bits per heavy atom. The highest BCUT2D eigenvalue weighted by Crippen LogP contribution is 2.28. The summed E-state index contributed by atoms with van der Waals surface area (Å²) in [6.07, 6.45) is 1.04. The lowest BCUT2D eigenvalue weighted by Crippen LogP contribution is -2.12. The van der Waals surface area contributed by atoms with E-state index in [9.17, 15) is 4.79 Å². The first-order valence-corrected chi connectivity index (χ1v) is 9.52. The molecule has 0 unspecified atom stereocenters. The minimum Gasteiger partial charge on any atom is -0.494 e. The summed E-state index contributed by atoms with van der Waals surface area (Å²) in [5.41, 5.74) is 1.96. The SMILES string of the molecule is CCOc1ccccc1CCC(=O)Nc1nc(-c2cccs2)cs1. The molecule has 0 atom stereocenters. The van der Waals surface area contributed by atoms with Crippen molar-refractivity contribution in [3.05, 3.63) is 52.7 Å². The Bertz CT molecular complexity index is 797. The molecule has 3 aromatic rings. The Hall–Kier alpha value is -2.18. The number of nitrogens with zero attached hydrogens (tertiary/aromatic N) is 1. The lowest BCUT2D eigenvalue weighted by molar-refractivity contribution is -0.116. The first-order chi connectivity index (χ1) is 11.8. The average Bonchev–Trinajstić information content (AvgIpc) is 3.25. The summed E-state index contributed by atoms with van der Waals surface area (Å²) in [7, 11) is 0. The number of amides is 1. The molecule has 0 aliphatic carbocycles. The maximum atomic E-state index is 12.2. The topological polar surface area (TPSA) is 51.2 Å². The van der Waals surface area contributed by atoms with Crippen LogP contribution in [0.5, 0.6) is 5.75 Å². The molecule has 1 aromatic carbocycles. The number of thiophene rings is 1. The Morgan fingerprint density at radius 1 is 1.21 bits per heavy atom. The Labute approximate surface area is 149 Å². The first-order valence-electron chi connectivity index (χ1n) is 7.76. The zero-order chi connectivity index (χ0) is 16.8. The van der Waals surface area contributed by atoms with Crippen molar-refractivity contribution in [1.82, 2.24) is 4.98 Å². The number of nitrogens with one attached hydrogen (secondary N) is 1. The number of anilines is 1. The number of aryl methyl sites for hydroxylation is 1. The van der Waals surface area contributed by atoms with Crippen molar-refractivity contribution >= 4 is 33.7 Å². The highest BCUT2D eigenvalue weighted by atomic mass is 32.1. The summed E-state index contributed by atoms with van der Waals surface area (Å²) in [5.74, 6) is 0.815. The summed E-state index contributed by atoms with van der Waals surface area (Å²) in [6.45, 7) is 2.57. The van der Waals surface area contributed by atoms with Crippen LogP contribution in [0.4, 0.5) is 5.13 Å². The fourth-order valence-electron chi connectivity index (χ4n) is 2.31. The molecule has 0 bridgehead atoms. The lowest BCUT2D eigenvalue weighted by Gasteiger charge is -2.09. The van der Waals surface area contributed by atoms with E-state index >= 15 is 0 Å². The zero-order valence-electron chi connectivity index (χ0n) is 13.3. The van der Waals surface area contributed by atoms with Crippen LogP contribution >= 0.6 is 22.7 Å². The number of rotatable bonds is 7. The highest BCUT2D eigenvalue weighted by Gasteiger charge is 2.10. The van der Waals surface area contributed by atoms with Crippen molar-refractivity contribution in [1.29, 1.82) is 0 Å². The number of benzene rings is 1. The minimum atomic E-state index is -0.0339. The summed E-state index contributed by atoms with van der Waals surface area (Å²) in [6, 6.07) is 11.9. The number of thiazole rings is 1. The van der Waals surface area contributed by atoms with E-state index in [-0.39, 0.29) is 5.91 Å². The van der Waals surface area contributed by atoms with Crippen LogP contribution in [-0.4, -0.2) is 17.5 Å². The molecule has 0 aliphatic heterocycles. The molecule has 0 radical (unpaired) electrons. The van der Waals surface area contributed by atoms with Gasteiger partial charge < -0.3 is 10.1 Å². The maximum Gasteiger partial charge on any atom is 0.226 e. The van der Waals surface area contributed by atoms with Gasteiger partial charge in [0.1, 0.15) is 5.75 Å². The van der Waals surface area contributed by atoms with Gasteiger partial charge in [-0.1, -0.05) is 24.3 Å². The van der Waals surface area contributed by atoms with E-state index in [0.717, 1.165) is 21.9 Å². The van der Waals surface area contributed by atoms with Crippen molar-refractivity contribution in [2.75, 3.05) is 11.9 Å². The smallest absolute Gasteiger partial charge is 0.226 e. The molecule has 0 fully saturated rings. The third kappa shape index (κ3) is 4.21. The maximum absolute atomic E-state index is 12.2. The standard InChI is InChI=1S/C18H18N2O2S2/c1-2-22-15-7-4-3-6-13(15)9-10-17(21)20-18-19-14(12-24-18)16-8-5-11-23-16/h3-8,11-12H,2,9-10H2,1H3,(H,19,20,21). The summed E-state index contributed by atoms with van der Waals surface area (Å²) >= 11 is 3.09. The van der Waals surface area contributed by atoms with E-state index in [0.29, 0.717) is 24.6 Å². The molecule has 0 aliphatic rings. The third-order valence-electron chi connectivity index (χ3n) is 3.42. The van der Waals surface area contributed by atoms with Gasteiger partial charge in [-0.3, -0.25) is 4.79 Å². The van der Waals surface area contributed by atoms with Crippen molar-refractivity contribution in [2.24, 2.45) is 0 Å². The minimum absolute atomic E-state index is 0.0339. The molecule has 124 valence electrons. The normalized spacial score (nSPS) is 10.5. The molecule has 2 heterocycles. The van der Waals surface area contributed by atoms with E-state index in [1.807, 2.05) is 54.1 Å². The summed E-state index contributed by atoms with van der Waals surface area (Å²) in [5, 5.41) is 7.50. The Balaban J connectivity index is 1.57. The molecule has 2 aromatic heterocycles. The van der Waals surface area contributed by atoms with Crippen LogP contribution in [0.25, 0.3) is 10.6 Å². The van der Waals surface area contributed by atoms with Crippen LogP contribution < -0.4 is 10.1 Å². The van der Waals surface area contributed by atoms with E-state index in [4.69, 9.17) is 4.74 Å². The molecule has 6 heteroatoms. The molecule has 1 N–H and O–H groups in total. The largest absolute Gasteiger partial charge is 0.494 e. The number of hydrogen-bond acceptors (Lipinski definition) is 5. The van der Waals surface area contributed by atoms with Crippen LogP contribution in [0.2, 0.25) is 0 Å². The number of hydrogen-bond donors (Lipinski definition) is 1. The summed E-state index contributed by atoms with van der Waals surface area (Å²) in [4.78, 5) is 17.7. The molecular weight excluding hydrogens is 340 g/mol. The van der Waals surface area contributed by atoms with Gasteiger partial charge in [-0.15, -0.1) is 22.7 Å². The van der Waals surface area contributed by atoms with Crippen LogP contribution in [0, 0.1) is 0 Å². The van der Waals surface area contributed by atoms with Gasteiger partial charge in [0.25, 0.3) is 0 Å². The Kier molecular flexibility index (Phi) is 5.61. The van der Waals surface area contributed by atoms with Crippen LogP contribution in [0.3, 0.4) is 0 Å². The van der Waals surface area contributed by atoms with Crippen LogP contribution in [0.1, 0.15) is 18.9 Å². The van der Waals surface area contributed by atoms with Crippen molar-refractivity contribution in [3.8, 4) is 16.3 Å². The first kappa shape index (κ1) is 16.7. The van der Waals surface area contributed by atoms with E-state index < -0.39 is 0 Å². The molecule has 4 nitrogen and oxygen atoms in total. The number of carbonyl (C=O) groups excluding carboxylic acids is 1. The molecule has 0 spiro atoms. The van der Waals surface area contributed by atoms with E-state index in [1.54, 1.807) is 11.3 Å². The van der Waals surface area contributed by atoms with Gasteiger partial charge >= 0.3 is 0 Å². The van der Waals surface area contributed by atoms with Gasteiger partial charge in [0.2, 0.25) is 5.91 Å². The monoisotopic (exact) mass is 358 g/mol. The lowest BCUT2D eigenvalue weighted by atomic mass is 10.1. The molecule has 0 saturated heterocycles. The second-order valence-corrected chi connectivity index (χ2v) is 6.91. The number of aromatic nitrogens is 1. The second kappa shape index (κ2) is 8.08. The van der Waals surface area contributed by atoms with Crippen molar-refractivity contribution < 1.29 is 9.53 Å². The second-order valence-electron chi connectivity index (χ2n) is 5.10. The average molecular weight is 358 g/mol. The quantitative estimate of drug-likeness (QED) is 0.657. The third-order valence-corrected chi connectivity index (χ3v) is 5.07. The van der Waals surface area contributed by atoms with Crippen LogP contribution in [-0.2, 0) is 11.2 Å². The molecular formula is C18H18N2O2S2. The number of ether oxygens (including phenoxy) is 1. The summed E-state index contributed by atoms with van der Waals surface area (Å²) < 4.78 is 5.59. The fraction of sp³-hybridized carbons (Fsp3) is 0.222. The van der Waals surface area contributed by atoms with E-state index in [2.05, 4.69) is 10.3 Å². The van der Waals surface area contributed by atoms with Gasteiger partial charge in [-0.05, 0) is 36.4 Å². The van der Waals surface area contributed by atoms with Crippen molar-refractivity contribution in [2.45, 2.75) is 19.8 Å². The Morgan fingerprint density at radius 3 is 2.88 bits per heavy atom.